The predicted octanol–water partition coefficient (Wildman–Crippen LogP) is 1.56. The van der Waals surface area contributed by atoms with Crippen molar-refractivity contribution in [1.82, 2.24) is 10.6 Å². The summed E-state index contributed by atoms with van der Waals surface area (Å²) >= 11 is 0. The van der Waals surface area contributed by atoms with Crippen molar-refractivity contribution in [3.8, 4) is 0 Å². The van der Waals surface area contributed by atoms with Crippen LogP contribution < -0.4 is 15.5 Å². The molecule has 6 nitrogen and oxygen atoms in total. The molecule has 3 N–H and O–H groups in total. The number of carbonyl (C=O) groups excluding carboxylic acids is 1. The normalized spacial score (nSPS) is 17.8. The van der Waals surface area contributed by atoms with Crippen LogP contribution in [0.5, 0.6) is 0 Å². The third-order valence-electron chi connectivity index (χ3n) is 4.42. The van der Waals surface area contributed by atoms with Gasteiger partial charge in [-0.2, -0.15) is 0 Å². The molecule has 1 saturated heterocycles. The van der Waals surface area contributed by atoms with E-state index in [0.29, 0.717) is 13.1 Å². The van der Waals surface area contributed by atoms with Crippen molar-refractivity contribution in [2.75, 3.05) is 31.1 Å². The number of Topliss-reactive ketones (excluding diaryl/α,β-unsaturated/α-hetero) is 1. The Bertz CT molecular complexity index is 789. The zero-order chi connectivity index (χ0) is 19.7. The molecule has 1 aliphatic heterocycles. The standard InChI is InChI=1S/C17H17F4N3O3/c18-11-10(16(25)9(17(26)27)7-23-8-1-2-8)12(19)14(21)15(13(11)20)24-5-3-22-4-6-24/h7-8,22-23H,1-6H2,(H,26,27). The molecule has 0 bridgehead atoms. The molecule has 0 amide bonds. The molecule has 0 spiro atoms. The highest BCUT2D eigenvalue weighted by atomic mass is 19.2. The summed E-state index contributed by atoms with van der Waals surface area (Å²) in [6.07, 6.45) is 2.31. The minimum absolute atomic E-state index is 0.0367. The Morgan fingerprint density at radius 1 is 1.04 bits per heavy atom. The van der Waals surface area contributed by atoms with Crippen LogP contribution in [0.25, 0.3) is 0 Å². The number of piperazine rings is 1. The van der Waals surface area contributed by atoms with Gasteiger partial charge in [0.05, 0.1) is 0 Å². The molecule has 3 rings (SSSR count). The van der Waals surface area contributed by atoms with Crippen molar-refractivity contribution in [2.24, 2.45) is 0 Å². The van der Waals surface area contributed by atoms with E-state index >= 15 is 0 Å². The average Bonchev–Trinajstić information content (AvgIpc) is 3.46. The van der Waals surface area contributed by atoms with Crippen molar-refractivity contribution in [2.45, 2.75) is 18.9 Å². The van der Waals surface area contributed by atoms with Gasteiger partial charge in [0.15, 0.2) is 23.3 Å². The Labute approximate surface area is 151 Å². The summed E-state index contributed by atoms with van der Waals surface area (Å²) in [5, 5.41) is 14.7. The first-order chi connectivity index (χ1) is 12.8. The number of hydrogen-bond donors (Lipinski definition) is 3. The Morgan fingerprint density at radius 2 is 1.59 bits per heavy atom. The molecule has 146 valence electrons. The molecule has 10 heteroatoms. The van der Waals surface area contributed by atoms with Gasteiger partial charge in [-0.05, 0) is 12.8 Å². The highest BCUT2D eigenvalue weighted by Gasteiger charge is 2.35. The van der Waals surface area contributed by atoms with Crippen LogP contribution >= 0.6 is 0 Å². The van der Waals surface area contributed by atoms with Gasteiger partial charge in [0.2, 0.25) is 5.78 Å². The Hall–Kier alpha value is -2.62. The van der Waals surface area contributed by atoms with Gasteiger partial charge >= 0.3 is 5.97 Å². The summed E-state index contributed by atoms with van der Waals surface area (Å²) in [4.78, 5) is 24.7. The average molecular weight is 387 g/mol. The SMILES string of the molecule is O=C(O)C(=CNC1CC1)C(=O)c1c(F)c(F)c(N2CCNCC2)c(F)c1F. The molecule has 1 aromatic carbocycles. The molecule has 0 atom stereocenters. The number of ketones is 1. The van der Waals surface area contributed by atoms with Crippen LogP contribution in [-0.2, 0) is 4.79 Å². The summed E-state index contributed by atoms with van der Waals surface area (Å²) in [7, 11) is 0. The van der Waals surface area contributed by atoms with Crippen LogP contribution in [0.1, 0.15) is 23.2 Å². The lowest BCUT2D eigenvalue weighted by atomic mass is 10.0. The molecule has 2 fully saturated rings. The number of benzene rings is 1. The first-order valence-corrected chi connectivity index (χ1v) is 8.38. The maximum absolute atomic E-state index is 14.5. The van der Waals surface area contributed by atoms with Crippen molar-refractivity contribution < 1.29 is 32.3 Å². The fourth-order valence-electron chi connectivity index (χ4n) is 2.80. The molecular formula is C17H17F4N3O3. The quantitative estimate of drug-likeness (QED) is 0.172. The second-order valence-electron chi connectivity index (χ2n) is 6.35. The second-order valence-corrected chi connectivity index (χ2v) is 6.35. The van der Waals surface area contributed by atoms with Gasteiger partial charge in [-0.15, -0.1) is 0 Å². The minimum Gasteiger partial charge on any atom is -0.477 e. The van der Waals surface area contributed by atoms with Crippen LogP contribution in [0.3, 0.4) is 0 Å². The van der Waals surface area contributed by atoms with E-state index in [9.17, 15) is 27.2 Å². The number of carboxylic acid groups (broad SMARTS) is 1. The lowest BCUT2D eigenvalue weighted by molar-refractivity contribution is -0.132. The summed E-state index contributed by atoms with van der Waals surface area (Å²) in [6.45, 7) is 0.959. The van der Waals surface area contributed by atoms with Gasteiger partial charge in [-0.25, -0.2) is 22.4 Å². The zero-order valence-electron chi connectivity index (χ0n) is 14.1. The van der Waals surface area contributed by atoms with E-state index in [-0.39, 0.29) is 19.1 Å². The molecular weight excluding hydrogens is 370 g/mol. The van der Waals surface area contributed by atoms with Gasteiger partial charge in [-0.3, -0.25) is 4.79 Å². The van der Waals surface area contributed by atoms with E-state index in [4.69, 9.17) is 5.11 Å². The van der Waals surface area contributed by atoms with E-state index in [1.165, 1.54) is 0 Å². The molecule has 27 heavy (non-hydrogen) atoms. The fourth-order valence-corrected chi connectivity index (χ4v) is 2.80. The Kier molecular flexibility index (Phi) is 5.36. The summed E-state index contributed by atoms with van der Waals surface area (Å²) in [5.74, 6) is -10.7. The fraction of sp³-hybridized carbons (Fsp3) is 0.412. The van der Waals surface area contributed by atoms with Gasteiger partial charge < -0.3 is 20.6 Å². The number of carboxylic acids is 1. The van der Waals surface area contributed by atoms with E-state index in [1.807, 2.05) is 0 Å². The number of nitrogens with one attached hydrogen (secondary N) is 2. The largest absolute Gasteiger partial charge is 0.477 e. The Morgan fingerprint density at radius 3 is 2.07 bits per heavy atom. The lowest BCUT2D eigenvalue weighted by Crippen LogP contribution is -2.44. The third-order valence-corrected chi connectivity index (χ3v) is 4.42. The van der Waals surface area contributed by atoms with E-state index in [1.54, 1.807) is 0 Å². The number of carbonyl (C=O) groups is 2. The topological polar surface area (TPSA) is 81.7 Å². The maximum Gasteiger partial charge on any atom is 0.341 e. The van der Waals surface area contributed by atoms with Gasteiger partial charge in [0.25, 0.3) is 0 Å². The van der Waals surface area contributed by atoms with Crippen molar-refractivity contribution in [3.05, 3.63) is 40.6 Å². The number of rotatable bonds is 6. The van der Waals surface area contributed by atoms with E-state index in [0.717, 1.165) is 23.9 Å². The number of nitrogens with zero attached hydrogens (tertiary/aromatic N) is 1. The van der Waals surface area contributed by atoms with Crippen LogP contribution in [0.2, 0.25) is 0 Å². The number of aliphatic carboxylic acids is 1. The molecule has 1 aliphatic carbocycles. The van der Waals surface area contributed by atoms with Crippen molar-refractivity contribution in [3.63, 3.8) is 0 Å². The minimum atomic E-state index is -1.91. The van der Waals surface area contributed by atoms with Gasteiger partial charge in [0.1, 0.15) is 16.8 Å². The molecule has 1 saturated carbocycles. The highest BCUT2D eigenvalue weighted by Crippen LogP contribution is 2.32. The van der Waals surface area contributed by atoms with E-state index < -0.39 is 51.8 Å². The number of hydrogen-bond acceptors (Lipinski definition) is 5. The monoisotopic (exact) mass is 387 g/mol. The lowest BCUT2D eigenvalue weighted by Gasteiger charge is -2.30. The summed E-state index contributed by atoms with van der Waals surface area (Å²) in [6, 6.07) is -0.0367. The summed E-state index contributed by atoms with van der Waals surface area (Å²) < 4.78 is 57.8. The van der Waals surface area contributed by atoms with E-state index in [2.05, 4.69) is 10.6 Å². The third kappa shape index (κ3) is 3.75. The zero-order valence-corrected chi connectivity index (χ0v) is 14.1. The van der Waals surface area contributed by atoms with Gasteiger partial charge in [0, 0.05) is 38.4 Å². The number of halogens is 4. The first-order valence-electron chi connectivity index (χ1n) is 8.38. The van der Waals surface area contributed by atoms with Crippen molar-refractivity contribution >= 4 is 17.4 Å². The summed E-state index contributed by atoms with van der Waals surface area (Å²) in [5.41, 5.74) is -3.47. The molecule has 0 aromatic heterocycles. The highest BCUT2D eigenvalue weighted by molar-refractivity contribution is 6.23. The number of anilines is 1. The van der Waals surface area contributed by atoms with Crippen LogP contribution in [-0.4, -0.2) is 49.1 Å². The predicted molar refractivity (Wildman–Crippen MR) is 87.6 cm³/mol. The second kappa shape index (κ2) is 7.55. The van der Waals surface area contributed by atoms with Crippen molar-refractivity contribution in [1.29, 1.82) is 0 Å². The molecule has 2 aliphatic rings. The molecule has 1 aromatic rings. The first kappa shape index (κ1) is 19.2. The Balaban J connectivity index is 2.03. The molecule has 0 radical (unpaired) electrons. The van der Waals surface area contributed by atoms with Crippen LogP contribution in [0, 0.1) is 23.3 Å². The van der Waals surface area contributed by atoms with Gasteiger partial charge in [-0.1, -0.05) is 0 Å². The van der Waals surface area contributed by atoms with Crippen LogP contribution in [0.15, 0.2) is 11.8 Å². The maximum atomic E-state index is 14.5. The van der Waals surface area contributed by atoms with Crippen LogP contribution in [0.4, 0.5) is 23.2 Å². The molecule has 1 heterocycles. The smallest absolute Gasteiger partial charge is 0.341 e. The molecule has 0 unspecified atom stereocenters.